The van der Waals surface area contributed by atoms with Gasteiger partial charge in [0.1, 0.15) is 11.0 Å². The van der Waals surface area contributed by atoms with Gasteiger partial charge in [0.25, 0.3) is 0 Å². The predicted molar refractivity (Wildman–Crippen MR) is 54.2 cm³/mol. The molecule has 0 aliphatic rings. The topological polar surface area (TPSA) is 60.9 Å². The highest BCUT2D eigenvalue weighted by atomic mass is 32.2. The first-order valence-corrected chi connectivity index (χ1v) is 5.26. The molecule has 1 atom stereocenters. The number of hydrogen-bond donors (Lipinski definition) is 1. The first-order valence-electron chi connectivity index (χ1n) is 4.04. The molecule has 0 saturated carbocycles. The summed E-state index contributed by atoms with van der Waals surface area (Å²) in [6.45, 7) is 0. The monoisotopic (exact) mass is 207 g/mol. The molecule has 1 unspecified atom stereocenters. The van der Waals surface area contributed by atoms with Gasteiger partial charge in [-0.2, -0.15) is 5.10 Å². The van der Waals surface area contributed by atoms with Gasteiger partial charge in [0.15, 0.2) is 5.03 Å². The summed E-state index contributed by atoms with van der Waals surface area (Å²) in [4.78, 5) is 0. The summed E-state index contributed by atoms with van der Waals surface area (Å²) in [7, 11) is -1.51. The first-order chi connectivity index (χ1) is 6.77. The molecule has 2 aromatic rings. The fourth-order valence-corrected chi connectivity index (χ4v) is 1.50. The Labute approximate surface area is 83.9 Å². The fourth-order valence-electron chi connectivity index (χ4n) is 1.14. The van der Waals surface area contributed by atoms with Crippen LogP contribution in [-0.2, 0) is 11.0 Å². The Bertz CT molecular complexity index is 452. The van der Waals surface area contributed by atoms with Crippen LogP contribution in [0.4, 0.5) is 0 Å². The molecule has 0 spiro atoms. The average Bonchev–Trinajstić information content (AvgIpc) is 2.68. The molecule has 0 saturated heterocycles. The highest BCUT2D eigenvalue weighted by Gasteiger charge is 2.03. The van der Waals surface area contributed by atoms with Crippen LogP contribution in [-0.4, -0.2) is 14.0 Å². The number of para-hydroxylation sites is 1. The second-order valence-electron chi connectivity index (χ2n) is 2.73. The van der Waals surface area contributed by atoms with Gasteiger partial charge in [0, 0.05) is 6.20 Å². The predicted octanol–water partition coefficient (Wildman–Crippen LogP) is 0.854. The Morgan fingerprint density at radius 1 is 1.21 bits per heavy atom. The Kier molecular flexibility index (Phi) is 2.43. The summed E-state index contributed by atoms with van der Waals surface area (Å²) in [5.41, 5.74) is 0.921. The maximum atomic E-state index is 10.9. The lowest BCUT2D eigenvalue weighted by molar-refractivity contribution is 0.679. The van der Waals surface area contributed by atoms with Crippen molar-refractivity contribution in [1.82, 2.24) is 9.78 Å². The van der Waals surface area contributed by atoms with Gasteiger partial charge in [-0.1, -0.05) is 18.2 Å². The van der Waals surface area contributed by atoms with Gasteiger partial charge in [-0.15, -0.1) is 0 Å². The zero-order valence-electron chi connectivity index (χ0n) is 7.33. The van der Waals surface area contributed by atoms with Gasteiger partial charge in [0.2, 0.25) is 0 Å². The van der Waals surface area contributed by atoms with Crippen molar-refractivity contribution in [3.63, 3.8) is 0 Å². The van der Waals surface area contributed by atoms with Crippen molar-refractivity contribution in [2.75, 3.05) is 0 Å². The van der Waals surface area contributed by atoms with Crippen LogP contribution in [0.1, 0.15) is 0 Å². The van der Waals surface area contributed by atoms with E-state index in [0.29, 0.717) is 5.03 Å². The van der Waals surface area contributed by atoms with Crippen LogP contribution >= 0.6 is 0 Å². The standard InChI is InChI=1S/C9H9N3OS/c10-14(13)9-6-7-12(11-9)8-4-2-1-3-5-8/h1-7H,10H2. The molecule has 1 heterocycles. The molecule has 5 heteroatoms. The Morgan fingerprint density at radius 3 is 2.50 bits per heavy atom. The van der Waals surface area contributed by atoms with Crippen LogP contribution in [0.2, 0.25) is 0 Å². The molecule has 0 bridgehead atoms. The Morgan fingerprint density at radius 2 is 1.93 bits per heavy atom. The van der Waals surface area contributed by atoms with Crippen LogP contribution in [0, 0.1) is 0 Å². The number of rotatable bonds is 2. The molecule has 1 aromatic carbocycles. The number of aromatic nitrogens is 2. The van der Waals surface area contributed by atoms with Crippen molar-refractivity contribution >= 4 is 11.0 Å². The van der Waals surface area contributed by atoms with Gasteiger partial charge in [-0.3, -0.25) is 0 Å². The summed E-state index contributed by atoms with van der Waals surface area (Å²) >= 11 is 0. The highest BCUT2D eigenvalue weighted by molar-refractivity contribution is 7.82. The highest BCUT2D eigenvalue weighted by Crippen LogP contribution is 2.07. The largest absolute Gasteiger partial charge is 0.246 e. The molecule has 2 rings (SSSR count). The van der Waals surface area contributed by atoms with Crippen molar-refractivity contribution in [2.24, 2.45) is 5.14 Å². The molecule has 72 valence electrons. The van der Waals surface area contributed by atoms with Crippen LogP contribution in [0.3, 0.4) is 0 Å². The minimum absolute atomic E-state index is 0.383. The summed E-state index contributed by atoms with van der Waals surface area (Å²) in [6.07, 6.45) is 1.73. The van der Waals surface area contributed by atoms with E-state index in [-0.39, 0.29) is 0 Å². The quantitative estimate of drug-likeness (QED) is 0.793. The second kappa shape index (κ2) is 3.73. The van der Waals surface area contributed by atoms with Crippen LogP contribution in [0.5, 0.6) is 0 Å². The van der Waals surface area contributed by atoms with E-state index in [2.05, 4.69) is 5.10 Å². The van der Waals surface area contributed by atoms with E-state index in [1.54, 1.807) is 16.9 Å². The summed E-state index contributed by atoms with van der Waals surface area (Å²) < 4.78 is 12.5. The molecular formula is C9H9N3OS. The number of hydrogen-bond acceptors (Lipinski definition) is 2. The van der Waals surface area contributed by atoms with Crippen LogP contribution in [0.15, 0.2) is 47.6 Å². The van der Waals surface area contributed by atoms with Crippen molar-refractivity contribution in [3.05, 3.63) is 42.6 Å². The SMILES string of the molecule is NS(=O)c1ccn(-c2ccccc2)n1. The van der Waals surface area contributed by atoms with E-state index in [1.165, 1.54) is 0 Å². The molecule has 0 aliphatic carbocycles. The first kappa shape index (κ1) is 9.11. The lowest BCUT2D eigenvalue weighted by Gasteiger charge is -1.98. The normalized spacial score (nSPS) is 12.6. The molecule has 0 radical (unpaired) electrons. The molecule has 0 aliphatic heterocycles. The Balaban J connectivity index is 2.39. The van der Waals surface area contributed by atoms with Gasteiger partial charge >= 0.3 is 0 Å². The second-order valence-corrected chi connectivity index (χ2v) is 3.74. The van der Waals surface area contributed by atoms with E-state index in [4.69, 9.17) is 5.14 Å². The Hall–Kier alpha value is -1.46. The van der Waals surface area contributed by atoms with E-state index in [0.717, 1.165) is 5.69 Å². The van der Waals surface area contributed by atoms with Crippen molar-refractivity contribution in [2.45, 2.75) is 5.03 Å². The van der Waals surface area contributed by atoms with Crippen molar-refractivity contribution in [3.8, 4) is 5.69 Å². The van der Waals surface area contributed by atoms with Crippen LogP contribution < -0.4 is 5.14 Å². The molecule has 4 nitrogen and oxygen atoms in total. The van der Waals surface area contributed by atoms with Gasteiger partial charge < -0.3 is 0 Å². The van der Waals surface area contributed by atoms with Crippen molar-refractivity contribution in [1.29, 1.82) is 0 Å². The minimum atomic E-state index is -1.51. The third-order valence-corrected chi connectivity index (χ3v) is 2.42. The third kappa shape index (κ3) is 1.73. The van der Waals surface area contributed by atoms with Gasteiger partial charge in [-0.25, -0.2) is 14.0 Å². The lowest BCUT2D eigenvalue weighted by Crippen LogP contribution is -2.04. The zero-order valence-corrected chi connectivity index (χ0v) is 8.15. The molecule has 2 N–H and O–H groups in total. The molecule has 1 aromatic heterocycles. The molecule has 0 fully saturated rings. The summed E-state index contributed by atoms with van der Waals surface area (Å²) in [5, 5.41) is 9.66. The number of nitrogens with zero attached hydrogens (tertiary/aromatic N) is 2. The van der Waals surface area contributed by atoms with E-state index >= 15 is 0 Å². The maximum Gasteiger partial charge on any atom is 0.164 e. The molecule has 14 heavy (non-hydrogen) atoms. The van der Waals surface area contributed by atoms with Crippen molar-refractivity contribution < 1.29 is 4.21 Å². The number of benzene rings is 1. The van der Waals surface area contributed by atoms with Gasteiger partial charge in [0.05, 0.1) is 5.69 Å². The van der Waals surface area contributed by atoms with Crippen LogP contribution in [0.25, 0.3) is 5.69 Å². The van der Waals surface area contributed by atoms with E-state index in [1.807, 2.05) is 30.3 Å². The number of nitrogens with two attached hydrogens (primary N) is 1. The van der Waals surface area contributed by atoms with Gasteiger partial charge in [-0.05, 0) is 18.2 Å². The smallest absolute Gasteiger partial charge is 0.164 e. The third-order valence-electron chi connectivity index (χ3n) is 1.79. The van der Waals surface area contributed by atoms with E-state index < -0.39 is 11.0 Å². The maximum absolute atomic E-state index is 10.9. The zero-order chi connectivity index (χ0) is 9.97. The summed E-state index contributed by atoms with van der Waals surface area (Å²) in [6, 6.07) is 11.2. The van der Waals surface area contributed by atoms with E-state index in [9.17, 15) is 4.21 Å². The summed E-state index contributed by atoms with van der Waals surface area (Å²) in [5.74, 6) is 0. The minimum Gasteiger partial charge on any atom is -0.246 e. The molecule has 0 amide bonds. The average molecular weight is 207 g/mol. The fraction of sp³-hybridized carbons (Fsp3) is 0. The molecular weight excluding hydrogens is 198 g/mol. The lowest BCUT2D eigenvalue weighted by atomic mass is 10.3.